The van der Waals surface area contributed by atoms with Crippen molar-refractivity contribution in [2.45, 2.75) is 6.92 Å². The Labute approximate surface area is 67.1 Å². The second kappa shape index (κ2) is 10.0. The van der Waals surface area contributed by atoms with Gasteiger partial charge in [-0.05, 0) is 6.54 Å². The third-order valence-electron chi connectivity index (χ3n) is 0.571. The summed E-state index contributed by atoms with van der Waals surface area (Å²) in [6, 6.07) is 0. The van der Waals surface area contributed by atoms with Gasteiger partial charge in [0.05, 0.1) is 0 Å². The fraction of sp³-hybridized carbons (Fsp3) is 1.00. The summed E-state index contributed by atoms with van der Waals surface area (Å²) in [5.41, 5.74) is 5.15. The summed E-state index contributed by atoms with van der Waals surface area (Å²) in [6.45, 7) is 4.77. The van der Waals surface area contributed by atoms with Crippen molar-refractivity contribution in [1.29, 1.82) is 0 Å². The molecule has 0 aromatic rings. The van der Waals surface area contributed by atoms with Gasteiger partial charge in [-0.25, -0.2) is 0 Å². The first-order valence-electron chi connectivity index (χ1n) is 2.32. The van der Waals surface area contributed by atoms with E-state index in [0.717, 1.165) is 19.6 Å². The van der Waals surface area contributed by atoms with Crippen LogP contribution in [-0.2, 0) is 0 Å². The Kier molecular flexibility index (Phi) is 15.5. The SMILES string of the molecule is CCNCCN.[Na+]. The molecule has 0 radical (unpaired) electrons. The number of nitrogens with two attached hydrogens (primary N) is 1. The van der Waals surface area contributed by atoms with Crippen LogP contribution in [0.15, 0.2) is 0 Å². The monoisotopic (exact) mass is 111 g/mol. The quantitative estimate of drug-likeness (QED) is 0.294. The van der Waals surface area contributed by atoms with Crippen LogP contribution in [0.4, 0.5) is 0 Å². The van der Waals surface area contributed by atoms with E-state index < -0.39 is 0 Å². The molecule has 0 rings (SSSR count). The summed E-state index contributed by atoms with van der Waals surface area (Å²) in [7, 11) is 0. The van der Waals surface area contributed by atoms with Crippen LogP contribution in [0.1, 0.15) is 6.92 Å². The van der Waals surface area contributed by atoms with Crippen LogP contribution in [0.3, 0.4) is 0 Å². The van der Waals surface area contributed by atoms with Crippen molar-refractivity contribution in [3.63, 3.8) is 0 Å². The summed E-state index contributed by atoms with van der Waals surface area (Å²) in [5.74, 6) is 0. The fourth-order valence-corrected chi connectivity index (χ4v) is 0.279. The molecule has 0 atom stereocenters. The van der Waals surface area contributed by atoms with Crippen LogP contribution >= 0.6 is 0 Å². The number of hydrogen-bond donors (Lipinski definition) is 2. The van der Waals surface area contributed by atoms with Gasteiger partial charge < -0.3 is 11.1 Å². The van der Waals surface area contributed by atoms with E-state index in [1.165, 1.54) is 0 Å². The van der Waals surface area contributed by atoms with E-state index >= 15 is 0 Å². The topological polar surface area (TPSA) is 38.0 Å². The van der Waals surface area contributed by atoms with Gasteiger partial charge in [-0.3, -0.25) is 0 Å². The van der Waals surface area contributed by atoms with Gasteiger partial charge in [-0.1, -0.05) is 6.92 Å². The maximum absolute atomic E-state index is 5.15. The Morgan fingerprint density at radius 1 is 1.57 bits per heavy atom. The van der Waals surface area contributed by atoms with Crippen LogP contribution in [-0.4, -0.2) is 19.6 Å². The number of nitrogens with one attached hydrogen (secondary N) is 1. The van der Waals surface area contributed by atoms with E-state index in [4.69, 9.17) is 5.73 Å². The molecule has 0 aliphatic rings. The van der Waals surface area contributed by atoms with E-state index in [1.807, 2.05) is 0 Å². The minimum absolute atomic E-state index is 0. The molecule has 0 aliphatic carbocycles. The van der Waals surface area contributed by atoms with E-state index in [1.54, 1.807) is 0 Å². The molecule has 2 nitrogen and oxygen atoms in total. The van der Waals surface area contributed by atoms with Crippen molar-refractivity contribution in [1.82, 2.24) is 5.32 Å². The van der Waals surface area contributed by atoms with Crippen LogP contribution in [0, 0.1) is 0 Å². The zero-order chi connectivity index (χ0) is 4.83. The molecule has 0 aliphatic heterocycles. The molecule has 38 valence electrons. The molecule has 7 heavy (non-hydrogen) atoms. The van der Waals surface area contributed by atoms with Crippen LogP contribution < -0.4 is 40.6 Å². The minimum Gasteiger partial charge on any atom is -0.329 e. The average molecular weight is 111 g/mol. The van der Waals surface area contributed by atoms with Gasteiger partial charge in [-0.2, -0.15) is 0 Å². The van der Waals surface area contributed by atoms with Crippen molar-refractivity contribution >= 4 is 0 Å². The molecule has 0 aromatic carbocycles. The normalized spacial score (nSPS) is 7.71. The summed E-state index contributed by atoms with van der Waals surface area (Å²) in [4.78, 5) is 0. The summed E-state index contributed by atoms with van der Waals surface area (Å²) >= 11 is 0. The van der Waals surface area contributed by atoms with E-state index in [9.17, 15) is 0 Å². The molecular formula is C4H12N2Na+. The number of hydrogen-bond acceptors (Lipinski definition) is 2. The van der Waals surface area contributed by atoms with Gasteiger partial charge in [0.2, 0.25) is 0 Å². The van der Waals surface area contributed by atoms with Crippen molar-refractivity contribution in [2.75, 3.05) is 19.6 Å². The Morgan fingerprint density at radius 3 is 2.29 bits per heavy atom. The fourth-order valence-electron chi connectivity index (χ4n) is 0.279. The molecule has 0 saturated heterocycles. The Morgan fingerprint density at radius 2 is 2.14 bits per heavy atom. The molecule has 0 bridgehead atoms. The zero-order valence-electron chi connectivity index (χ0n) is 5.20. The summed E-state index contributed by atoms with van der Waals surface area (Å²) in [5, 5.41) is 3.07. The standard InChI is InChI=1S/C4H12N2.Na/c1-2-6-4-3-5;/h6H,2-5H2,1H3;/q;+1. The van der Waals surface area contributed by atoms with Crippen LogP contribution in [0.5, 0.6) is 0 Å². The molecule has 0 aromatic heterocycles. The van der Waals surface area contributed by atoms with Crippen LogP contribution in [0.25, 0.3) is 0 Å². The molecule has 0 fully saturated rings. The number of rotatable bonds is 3. The largest absolute Gasteiger partial charge is 1.00 e. The first-order valence-corrected chi connectivity index (χ1v) is 2.32. The van der Waals surface area contributed by atoms with Gasteiger partial charge in [0, 0.05) is 13.1 Å². The van der Waals surface area contributed by atoms with E-state index in [2.05, 4.69) is 12.2 Å². The van der Waals surface area contributed by atoms with Gasteiger partial charge in [-0.15, -0.1) is 0 Å². The molecule has 0 unspecified atom stereocenters. The second-order valence-electron chi connectivity index (χ2n) is 1.14. The molecule has 0 saturated carbocycles. The van der Waals surface area contributed by atoms with Crippen molar-refractivity contribution in [2.24, 2.45) is 5.73 Å². The average Bonchev–Trinajstić information content (AvgIpc) is 1.61. The van der Waals surface area contributed by atoms with Gasteiger partial charge >= 0.3 is 29.6 Å². The van der Waals surface area contributed by atoms with Crippen molar-refractivity contribution in [3.8, 4) is 0 Å². The smallest absolute Gasteiger partial charge is 0.329 e. The second-order valence-corrected chi connectivity index (χ2v) is 1.14. The van der Waals surface area contributed by atoms with Gasteiger partial charge in [0.25, 0.3) is 0 Å². The van der Waals surface area contributed by atoms with Gasteiger partial charge in [0.15, 0.2) is 0 Å². The minimum atomic E-state index is 0. The molecule has 0 heterocycles. The Hall–Kier alpha value is 0.920. The molecule has 0 spiro atoms. The molecule has 3 heteroatoms. The first kappa shape index (κ1) is 10.8. The number of likely N-dealkylation sites (N-methyl/N-ethyl adjacent to an activating group) is 1. The van der Waals surface area contributed by atoms with Crippen LogP contribution in [0.2, 0.25) is 0 Å². The predicted molar refractivity (Wildman–Crippen MR) is 27.6 cm³/mol. The summed E-state index contributed by atoms with van der Waals surface area (Å²) < 4.78 is 0. The van der Waals surface area contributed by atoms with Crippen molar-refractivity contribution in [3.05, 3.63) is 0 Å². The Balaban J connectivity index is 0. The third kappa shape index (κ3) is 10.9. The molecule has 0 amide bonds. The molecular weight excluding hydrogens is 99.0 g/mol. The van der Waals surface area contributed by atoms with E-state index in [-0.39, 0.29) is 29.6 Å². The Bertz CT molecular complexity index is 21.7. The maximum atomic E-state index is 5.15. The summed E-state index contributed by atoms with van der Waals surface area (Å²) in [6.07, 6.45) is 0. The van der Waals surface area contributed by atoms with E-state index in [0.29, 0.717) is 0 Å². The zero-order valence-corrected chi connectivity index (χ0v) is 7.20. The predicted octanol–water partition coefficient (Wildman–Crippen LogP) is -3.44. The third-order valence-corrected chi connectivity index (χ3v) is 0.571. The van der Waals surface area contributed by atoms with Crippen molar-refractivity contribution < 1.29 is 29.6 Å². The van der Waals surface area contributed by atoms with Gasteiger partial charge in [0.1, 0.15) is 0 Å². The maximum Gasteiger partial charge on any atom is 1.00 e. The molecule has 3 N–H and O–H groups in total. The first-order chi connectivity index (χ1) is 2.91.